The first kappa shape index (κ1) is 34.6. The van der Waals surface area contributed by atoms with E-state index >= 15 is 4.79 Å². The Balaban J connectivity index is 1.61. The van der Waals surface area contributed by atoms with Crippen molar-refractivity contribution in [1.29, 1.82) is 0 Å². The van der Waals surface area contributed by atoms with Gasteiger partial charge in [0.15, 0.2) is 0 Å². The minimum Gasteiger partial charge on any atom is -0.394 e. The van der Waals surface area contributed by atoms with Crippen LogP contribution in [0.15, 0.2) is 86.0 Å². The molecule has 3 heterocycles. The lowest BCUT2D eigenvalue weighted by atomic mass is 9.70. The molecule has 2 bridgehead atoms. The monoisotopic (exact) mass is 641 g/mol. The first-order valence-electron chi connectivity index (χ1n) is 16.8. The van der Waals surface area contributed by atoms with E-state index in [9.17, 15) is 14.7 Å². The van der Waals surface area contributed by atoms with E-state index in [0.717, 1.165) is 5.56 Å². The number of hydrogen-bond acceptors (Lipinski definition) is 5. The Morgan fingerprint density at radius 3 is 2.19 bits per heavy atom. The van der Waals surface area contributed by atoms with E-state index < -0.39 is 41.2 Å². The number of carbonyl (C=O) groups excluding carboxylic acids is 3. The summed E-state index contributed by atoms with van der Waals surface area (Å²) in [7, 11) is 0. The quantitative estimate of drug-likeness (QED) is 0.296. The Kier molecular flexibility index (Phi) is 9.86. The summed E-state index contributed by atoms with van der Waals surface area (Å²) in [4.78, 5) is 49.7. The summed E-state index contributed by atoms with van der Waals surface area (Å²) in [6.07, 6.45) is 5.00. The molecule has 47 heavy (non-hydrogen) atoms. The highest BCUT2D eigenvalue weighted by Gasteiger charge is 2.75. The third-order valence-corrected chi connectivity index (χ3v) is 10.1. The van der Waals surface area contributed by atoms with Crippen LogP contribution in [0.1, 0.15) is 59.4 Å². The van der Waals surface area contributed by atoms with Crippen LogP contribution in [0, 0.1) is 17.3 Å². The van der Waals surface area contributed by atoms with Crippen molar-refractivity contribution < 1.29 is 24.2 Å². The average molecular weight is 642 g/mol. The maximum Gasteiger partial charge on any atom is 0.249 e. The topological polar surface area (TPSA) is 90.4 Å². The number of para-hydroxylation sites is 1. The van der Waals surface area contributed by atoms with Gasteiger partial charge in [0.05, 0.1) is 30.6 Å². The fourth-order valence-corrected chi connectivity index (χ4v) is 8.73. The van der Waals surface area contributed by atoms with Gasteiger partial charge >= 0.3 is 0 Å². The summed E-state index contributed by atoms with van der Waals surface area (Å²) in [5, 5.41) is 10.9. The number of amides is 3. The van der Waals surface area contributed by atoms with Gasteiger partial charge in [-0.2, -0.15) is 0 Å². The number of aliphatic hydroxyl groups excluding tert-OH is 1. The van der Waals surface area contributed by atoms with Gasteiger partial charge in [-0.25, -0.2) is 0 Å². The van der Waals surface area contributed by atoms with Gasteiger partial charge in [0, 0.05) is 24.3 Å². The van der Waals surface area contributed by atoms with Crippen LogP contribution in [-0.4, -0.2) is 81.7 Å². The van der Waals surface area contributed by atoms with Crippen molar-refractivity contribution in [1.82, 2.24) is 9.80 Å². The molecule has 3 fully saturated rings. The number of benzene rings is 2. The molecule has 5 rings (SSSR count). The Bertz CT molecular complexity index is 1470. The van der Waals surface area contributed by atoms with Crippen molar-refractivity contribution >= 4 is 23.4 Å². The fraction of sp³-hybridized carbons (Fsp3) is 0.513. The van der Waals surface area contributed by atoms with Gasteiger partial charge in [0.2, 0.25) is 17.7 Å². The van der Waals surface area contributed by atoms with Gasteiger partial charge in [-0.05, 0) is 62.6 Å². The number of carbonyl (C=O) groups is 3. The van der Waals surface area contributed by atoms with E-state index in [1.165, 1.54) is 0 Å². The van der Waals surface area contributed by atoms with Gasteiger partial charge in [-0.3, -0.25) is 14.4 Å². The summed E-state index contributed by atoms with van der Waals surface area (Å²) >= 11 is 0. The molecule has 8 nitrogen and oxygen atoms in total. The number of aliphatic hydroxyl groups is 1. The predicted octanol–water partition coefficient (Wildman–Crippen LogP) is 5.41. The summed E-state index contributed by atoms with van der Waals surface area (Å²) in [5.41, 5.74) is -0.210. The predicted molar refractivity (Wildman–Crippen MR) is 185 cm³/mol. The van der Waals surface area contributed by atoms with E-state index in [4.69, 9.17) is 4.74 Å². The molecule has 8 heteroatoms. The van der Waals surface area contributed by atoms with Gasteiger partial charge in [-0.1, -0.05) is 81.5 Å². The minimum atomic E-state index is -1.20. The molecule has 0 aliphatic carbocycles. The van der Waals surface area contributed by atoms with Crippen LogP contribution in [0.5, 0.6) is 0 Å². The third-order valence-electron chi connectivity index (χ3n) is 10.1. The van der Waals surface area contributed by atoms with Gasteiger partial charge in [0.25, 0.3) is 0 Å². The molecule has 2 aromatic rings. The normalized spacial score (nSPS) is 25.7. The Labute approximate surface area is 280 Å². The summed E-state index contributed by atoms with van der Waals surface area (Å²) in [5.74, 6) is -2.39. The largest absolute Gasteiger partial charge is 0.394 e. The van der Waals surface area contributed by atoms with Gasteiger partial charge in [-0.15, -0.1) is 13.2 Å². The van der Waals surface area contributed by atoms with E-state index in [1.807, 2.05) is 65.6 Å². The Hall–Kier alpha value is -3.75. The lowest BCUT2D eigenvalue weighted by Gasteiger charge is -2.46. The molecule has 3 aliphatic rings. The SMILES string of the molecule is C=CCN(C(=O)[C@@H]1[C@H]2C(=O)N([C@@H](CO)Cc3ccccc3)C(C(=O)N(CC=C)C(C)(C)CC(C)(C)C)C23CC[C@H]1O3)c1ccccc1. The van der Waals surface area contributed by atoms with Crippen LogP contribution in [0.4, 0.5) is 5.69 Å². The van der Waals surface area contributed by atoms with Crippen LogP contribution in [-0.2, 0) is 25.5 Å². The highest BCUT2D eigenvalue weighted by atomic mass is 16.5. The lowest BCUT2D eigenvalue weighted by Crippen LogP contribution is -2.62. The molecule has 1 N–H and O–H groups in total. The molecule has 3 amide bonds. The number of anilines is 1. The second-order valence-electron chi connectivity index (χ2n) is 15.2. The lowest BCUT2D eigenvalue weighted by molar-refractivity contribution is -0.155. The Morgan fingerprint density at radius 1 is 1.00 bits per heavy atom. The highest BCUT2D eigenvalue weighted by molar-refractivity contribution is 6.03. The minimum absolute atomic E-state index is 0.0813. The fourth-order valence-electron chi connectivity index (χ4n) is 8.73. The molecule has 0 aromatic heterocycles. The maximum absolute atomic E-state index is 15.2. The second kappa shape index (κ2) is 13.4. The molecule has 252 valence electrons. The first-order valence-corrected chi connectivity index (χ1v) is 16.8. The van der Waals surface area contributed by atoms with Crippen molar-refractivity contribution in [3.63, 3.8) is 0 Å². The number of hydrogen-bond donors (Lipinski definition) is 1. The number of ether oxygens (including phenoxy) is 1. The summed E-state index contributed by atoms with van der Waals surface area (Å²) < 4.78 is 6.81. The molecular weight excluding hydrogens is 590 g/mol. The molecule has 6 atom stereocenters. The second-order valence-corrected chi connectivity index (χ2v) is 15.2. The Morgan fingerprint density at radius 2 is 1.62 bits per heavy atom. The molecule has 2 unspecified atom stereocenters. The molecule has 1 spiro atoms. The van der Waals surface area contributed by atoms with E-state index in [1.54, 1.807) is 22.0 Å². The molecule has 0 saturated carbocycles. The first-order chi connectivity index (χ1) is 22.3. The standard InChI is InChI=1S/C39H51N3O5/c1-8-22-40(28-18-14-11-15-19-28)34(44)31-30-20-21-39(47-30)32(31)35(45)42(29(25-43)24-27-16-12-10-13-17-27)33(39)36(46)41(23-9-2)38(6,7)26-37(3,4)5/h8-19,29-33,43H,1-2,20-26H2,3-7H3/t29-,30-,31+,32+,33?,39?/m1/s1. The van der Waals surface area contributed by atoms with Crippen LogP contribution in [0.2, 0.25) is 0 Å². The highest BCUT2D eigenvalue weighted by Crippen LogP contribution is 2.59. The molecule has 3 saturated heterocycles. The molecule has 3 aliphatic heterocycles. The van der Waals surface area contributed by atoms with Crippen LogP contribution in [0.3, 0.4) is 0 Å². The number of rotatable bonds is 13. The van der Waals surface area contributed by atoms with Crippen molar-refractivity contribution in [2.75, 3.05) is 24.6 Å². The van der Waals surface area contributed by atoms with E-state index in [2.05, 4.69) is 47.8 Å². The van der Waals surface area contributed by atoms with Crippen molar-refractivity contribution in [3.05, 3.63) is 91.5 Å². The van der Waals surface area contributed by atoms with Crippen molar-refractivity contribution in [3.8, 4) is 0 Å². The van der Waals surface area contributed by atoms with Crippen molar-refractivity contribution in [2.45, 2.75) is 89.6 Å². The van der Waals surface area contributed by atoms with E-state index in [-0.39, 0.29) is 42.8 Å². The summed E-state index contributed by atoms with van der Waals surface area (Å²) in [6.45, 7) is 18.6. The smallest absolute Gasteiger partial charge is 0.249 e. The maximum atomic E-state index is 15.2. The van der Waals surface area contributed by atoms with Gasteiger partial charge in [0.1, 0.15) is 11.6 Å². The number of fused-ring (bicyclic) bond motifs is 1. The molecular formula is C39H51N3O5. The van der Waals surface area contributed by atoms with Crippen molar-refractivity contribution in [2.24, 2.45) is 17.3 Å². The van der Waals surface area contributed by atoms with Crippen LogP contribution >= 0.6 is 0 Å². The zero-order valence-electron chi connectivity index (χ0n) is 28.6. The summed E-state index contributed by atoms with van der Waals surface area (Å²) in [6, 6.07) is 17.3. The third kappa shape index (κ3) is 6.42. The number of likely N-dealkylation sites (tertiary alicyclic amines) is 1. The van der Waals surface area contributed by atoms with Gasteiger partial charge < -0.3 is 24.5 Å². The average Bonchev–Trinajstić information content (AvgIpc) is 3.68. The molecule has 0 radical (unpaired) electrons. The van der Waals surface area contributed by atoms with Crippen LogP contribution < -0.4 is 4.90 Å². The van der Waals surface area contributed by atoms with Crippen LogP contribution in [0.25, 0.3) is 0 Å². The zero-order valence-corrected chi connectivity index (χ0v) is 28.6. The molecule has 2 aromatic carbocycles. The zero-order chi connectivity index (χ0) is 34.1. The number of nitrogens with zero attached hydrogens (tertiary/aromatic N) is 3. The van der Waals surface area contributed by atoms with E-state index in [0.29, 0.717) is 31.4 Å².